The molecule has 0 saturated carbocycles. The second-order valence-electron chi connectivity index (χ2n) is 5.96. The monoisotopic (exact) mass is 376 g/mol. The Hall–Kier alpha value is -3.39. The molecule has 0 bridgehead atoms. The summed E-state index contributed by atoms with van der Waals surface area (Å²) in [6.45, 7) is 3.35. The number of aryl methyl sites for hydroxylation is 1. The molecule has 8 heteroatoms. The van der Waals surface area contributed by atoms with Crippen LogP contribution in [0.25, 0.3) is 32.5 Å². The van der Waals surface area contributed by atoms with Gasteiger partial charge in [0.2, 0.25) is 5.91 Å². The van der Waals surface area contributed by atoms with E-state index in [4.69, 9.17) is 4.98 Å². The topological polar surface area (TPSA) is 96.5 Å². The smallest absolute Gasteiger partial charge is 0.222 e. The Kier molecular flexibility index (Phi) is 4.47. The molecule has 4 aromatic rings. The van der Waals surface area contributed by atoms with Gasteiger partial charge in [-0.3, -0.25) is 9.89 Å². The van der Waals surface area contributed by atoms with E-state index in [0.717, 1.165) is 32.4 Å². The maximum Gasteiger partial charge on any atom is 0.222 e. The number of aromatic amines is 1. The lowest BCUT2D eigenvalue weighted by Crippen LogP contribution is -2.07. The Morgan fingerprint density at radius 3 is 2.63 bits per heavy atom. The highest BCUT2D eigenvalue weighted by Gasteiger charge is 2.18. The molecule has 0 aliphatic rings. The number of carbonyl (C=O) groups excluding carboxylic acids is 1. The summed E-state index contributed by atoms with van der Waals surface area (Å²) in [6.07, 6.45) is 1.48. The van der Waals surface area contributed by atoms with Crippen molar-refractivity contribution in [2.24, 2.45) is 0 Å². The van der Waals surface area contributed by atoms with Gasteiger partial charge < -0.3 is 5.32 Å². The van der Waals surface area contributed by atoms with E-state index in [9.17, 15) is 4.79 Å². The van der Waals surface area contributed by atoms with Crippen molar-refractivity contribution in [2.45, 2.75) is 13.8 Å². The number of hydrogen-bond acceptors (Lipinski definition) is 6. The molecule has 0 atom stereocenters. The van der Waals surface area contributed by atoms with Crippen LogP contribution in [0.15, 0.2) is 48.8 Å². The molecular formula is C19H16N6OS. The van der Waals surface area contributed by atoms with Gasteiger partial charge in [0.25, 0.3) is 0 Å². The first-order chi connectivity index (χ1) is 13.1. The molecule has 0 unspecified atom stereocenters. The van der Waals surface area contributed by atoms with Gasteiger partial charge in [-0.1, -0.05) is 30.3 Å². The van der Waals surface area contributed by atoms with E-state index in [1.165, 1.54) is 24.6 Å². The van der Waals surface area contributed by atoms with Crippen molar-refractivity contribution in [1.29, 1.82) is 0 Å². The van der Waals surface area contributed by atoms with Crippen LogP contribution in [0, 0.1) is 6.92 Å². The SMILES string of the molecule is CC(=O)Nc1cc(-c2nc(-c3ccccc3)c(-c3ncn[nH]3)s2)cc(C)n1. The van der Waals surface area contributed by atoms with E-state index in [-0.39, 0.29) is 5.91 Å². The van der Waals surface area contributed by atoms with Crippen LogP contribution in [0.3, 0.4) is 0 Å². The third-order valence-corrected chi connectivity index (χ3v) is 4.92. The first kappa shape index (κ1) is 17.0. The van der Waals surface area contributed by atoms with Gasteiger partial charge in [0.05, 0.1) is 10.6 Å². The molecule has 1 amide bonds. The van der Waals surface area contributed by atoms with Gasteiger partial charge in [0.15, 0.2) is 5.82 Å². The van der Waals surface area contributed by atoms with Crippen molar-refractivity contribution in [3.05, 3.63) is 54.5 Å². The number of nitrogens with one attached hydrogen (secondary N) is 2. The van der Waals surface area contributed by atoms with Crippen LogP contribution in [-0.2, 0) is 4.79 Å². The molecule has 1 aromatic carbocycles. The molecule has 134 valence electrons. The Balaban J connectivity index is 1.85. The molecule has 7 nitrogen and oxygen atoms in total. The minimum absolute atomic E-state index is 0.162. The van der Waals surface area contributed by atoms with Crippen LogP contribution in [-0.4, -0.2) is 31.1 Å². The Bertz CT molecular complexity index is 1090. The number of anilines is 1. The maximum atomic E-state index is 11.4. The number of hydrogen-bond donors (Lipinski definition) is 2. The number of amides is 1. The molecule has 0 spiro atoms. The van der Waals surface area contributed by atoms with Crippen molar-refractivity contribution in [3.8, 4) is 32.5 Å². The predicted molar refractivity (Wildman–Crippen MR) is 105 cm³/mol. The molecule has 0 fully saturated rings. The van der Waals surface area contributed by atoms with E-state index in [2.05, 4.69) is 25.5 Å². The minimum atomic E-state index is -0.162. The van der Waals surface area contributed by atoms with Crippen molar-refractivity contribution >= 4 is 23.1 Å². The normalized spacial score (nSPS) is 10.7. The fourth-order valence-corrected chi connectivity index (χ4v) is 3.77. The number of H-pyrrole nitrogens is 1. The van der Waals surface area contributed by atoms with Crippen LogP contribution in [0.4, 0.5) is 5.82 Å². The fraction of sp³-hybridized carbons (Fsp3) is 0.105. The van der Waals surface area contributed by atoms with Crippen LogP contribution >= 0.6 is 11.3 Å². The van der Waals surface area contributed by atoms with Gasteiger partial charge in [-0.25, -0.2) is 15.0 Å². The second kappa shape index (κ2) is 7.08. The summed E-state index contributed by atoms with van der Waals surface area (Å²) in [5, 5.41) is 10.4. The van der Waals surface area contributed by atoms with Crippen molar-refractivity contribution in [2.75, 3.05) is 5.32 Å². The lowest BCUT2D eigenvalue weighted by atomic mass is 10.1. The highest BCUT2D eigenvalue weighted by molar-refractivity contribution is 7.18. The van der Waals surface area contributed by atoms with Gasteiger partial charge in [-0.15, -0.1) is 11.3 Å². The summed E-state index contributed by atoms with van der Waals surface area (Å²) in [4.78, 5) is 25.8. The third kappa shape index (κ3) is 3.61. The summed E-state index contributed by atoms with van der Waals surface area (Å²) in [5.41, 5.74) is 3.52. The minimum Gasteiger partial charge on any atom is -0.311 e. The molecule has 3 heterocycles. The number of carbonyl (C=O) groups is 1. The van der Waals surface area contributed by atoms with Crippen LogP contribution < -0.4 is 5.32 Å². The fourth-order valence-electron chi connectivity index (χ4n) is 2.75. The van der Waals surface area contributed by atoms with Crippen LogP contribution in [0.2, 0.25) is 0 Å². The number of nitrogens with zero attached hydrogens (tertiary/aromatic N) is 4. The number of rotatable bonds is 4. The van der Waals surface area contributed by atoms with Crippen molar-refractivity contribution in [3.63, 3.8) is 0 Å². The first-order valence-corrected chi connectivity index (χ1v) is 9.10. The second-order valence-corrected chi connectivity index (χ2v) is 6.96. The summed E-state index contributed by atoms with van der Waals surface area (Å²) in [5.74, 6) is 1.02. The molecule has 0 radical (unpaired) electrons. The van der Waals surface area contributed by atoms with E-state index in [1.807, 2.05) is 49.4 Å². The quantitative estimate of drug-likeness (QED) is 0.563. The number of thiazole rings is 1. The first-order valence-electron chi connectivity index (χ1n) is 8.29. The van der Waals surface area contributed by atoms with Gasteiger partial charge >= 0.3 is 0 Å². The zero-order valence-corrected chi connectivity index (χ0v) is 15.5. The van der Waals surface area contributed by atoms with Crippen molar-refractivity contribution < 1.29 is 4.79 Å². The molecular weight excluding hydrogens is 360 g/mol. The van der Waals surface area contributed by atoms with E-state index in [0.29, 0.717) is 11.6 Å². The number of pyridine rings is 1. The predicted octanol–water partition coefficient (Wildman–Crippen LogP) is 3.92. The van der Waals surface area contributed by atoms with Crippen LogP contribution in [0.1, 0.15) is 12.6 Å². The van der Waals surface area contributed by atoms with E-state index in [1.54, 1.807) is 0 Å². The molecule has 0 aliphatic carbocycles. The molecule has 0 saturated heterocycles. The molecule has 27 heavy (non-hydrogen) atoms. The standard InChI is InChI=1S/C19H16N6OS/c1-11-8-14(9-15(22-11)23-12(2)26)19-24-16(13-6-4-3-5-7-13)17(27-19)18-20-10-21-25-18/h3-10H,1-2H3,(H,20,21,25)(H,22,23,26). The van der Waals surface area contributed by atoms with Gasteiger partial charge in [-0.05, 0) is 19.1 Å². The largest absolute Gasteiger partial charge is 0.311 e. The van der Waals surface area contributed by atoms with Gasteiger partial charge in [0.1, 0.15) is 17.2 Å². The van der Waals surface area contributed by atoms with Gasteiger partial charge in [0, 0.05) is 23.7 Å². The average molecular weight is 376 g/mol. The van der Waals surface area contributed by atoms with Crippen molar-refractivity contribution in [1.82, 2.24) is 25.1 Å². The number of benzene rings is 1. The maximum absolute atomic E-state index is 11.4. The third-order valence-electron chi connectivity index (χ3n) is 3.81. The molecule has 3 aromatic heterocycles. The summed E-state index contributed by atoms with van der Waals surface area (Å²) in [6, 6.07) is 13.7. The lowest BCUT2D eigenvalue weighted by Gasteiger charge is -2.05. The van der Waals surface area contributed by atoms with Crippen LogP contribution in [0.5, 0.6) is 0 Å². The lowest BCUT2D eigenvalue weighted by molar-refractivity contribution is -0.114. The molecule has 2 N–H and O–H groups in total. The Morgan fingerprint density at radius 2 is 1.93 bits per heavy atom. The summed E-state index contributed by atoms with van der Waals surface area (Å²) < 4.78 is 0. The zero-order chi connectivity index (χ0) is 18.8. The molecule has 0 aliphatic heterocycles. The highest BCUT2D eigenvalue weighted by Crippen LogP contribution is 2.39. The Labute approximate surface area is 159 Å². The summed E-state index contributed by atoms with van der Waals surface area (Å²) in [7, 11) is 0. The highest BCUT2D eigenvalue weighted by atomic mass is 32.1. The van der Waals surface area contributed by atoms with Gasteiger partial charge in [-0.2, -0.15) is 5.10 Å². The zero-order valence-electron chi connectivity index (χ0n) is 14.7. The summed E-state index contributed by atoms with van der Waals surface area (Å²) >= 11 is 1.52. The molecule has 4 rings (SSSR count). The number of aromatic nitrogens is 5. The van der Waals surface area contributed by atoms with E-state index >= 15 is 0 Å². The average Bonchev–Trinajstić information content (AvgIpc) is 3.31. The Morgan fingerprint density at radius 1 is 1.11 bits per heavy atom. The van der Waals surface area contributed by atoms with E-state index < -0.39 is 0 Å².